The smallest absolute Gasteiger partial charge is 0.123 e. The van der Waals surface area contributed by atoms with Gasteiger partial charge in [-0.05, 0) is 47.9 Å². The molecule has 1 fully saturated rings. The fraction of sp³-hybridized carbons (Fsp3) is 0.316. The van der Waals surface area contributed by atoms with Gasteiger partial charge in [0.2, 0.25) is 0 Å². The Morgan fingerprint density at radius 2 is 2.17 bits per heavy atom. The molecule has 2 atom stereocenters. The van der Waals surface area contributed by atoms with E-state index in [1.165, 1.54) is 18.2 Å². The van der Waals surface area contributed by atoms with Crippen molar-refractivity contribution in [3.63, 3.8) is 0 Å². The lowest BCUT2D eigenvalue weighted by Gasteiger charge is -2.25. The summed E-state index contributed by atoms with van der Waals surface area (Å²) in [6, 6.07) is 14.0. The van der Waals surface area contributed by atoms with Gasteiger partial charge in [-0.3, -0.25) is 4.90 Å². The van der Waals surface area contributed by atoms with Crippen molar-refractivity contribution < 1.29 is 14.2 Å². The molecule has 0 amide bonds. The maximum Gasteiger partial charge on any atom is 0.123 e. The van der Waals surface area contributed by atoms with Gasteiger partial charge in [0.1, 0.15) is 11.6 Å². The summed E-state index contributed by atoms with van der Waals surface area (Å²) in [5.41, 5.74) is 2.14. The molecule has 1 heterocycles. The maximum atomic E-state index is 13.6. The Bertz CT molecular complexity index is 772. The number of nitrogens with zero attached hydrogens (tertiary/aromatic N) is 2. The summed E-state index contributed by atoms with van der Waals surface area (Å²) in [6.45, 7) is 0.906. The molecular formula is C19H19FN2O2. The highest BCUT2D eigenvalue weighted by Gasteiger charge is 2.32. The molecular weight excluding hydrogens is 307 g/mol. The normalized spacial score (nSPS) is 20.8. The zero-order valence-electron chi connectivity index (χ0n) is 13.4. The molecule has 0 aliphatic carbocycles. The zero-order valence-corrected chi connectivity index (χ0v) is 13.4. The number of β-amino-alcohol motifs (C(OH)–C–C–N with tert-alkyl or cyclic N) is 1. The first-order chi connectivity index (χ1) is 11.6. The number of hydrogen-bond acceptors (Lipinski definition) is 4. The SMILES string of the molecule is COc1cccc([C@H]2C[C@H](O)CN2Cc2cc(F)ccc2C#N)c1. The molecule has 1 aliphatic heterocycles. The quantitative estimate of drug-likeness (QED) is 0.938. The Kier molecular flexibility index (Phi) is 4.79. The highest BCUT2D eigenvalue weighted by atomic mass is 19.1. The number of ether oxygens (including phenoxy) is 1. The molecule has 0 spiro atoms. The summed E-state index contributed by atoms with van der Waals surface area (Å²) in [5.74, 6) is 0.402. The van der Waals surface area contributed by atoms with Gasteiger partial charge >= 0.3 is 0 Å². The summed E-state index contributed by atoms with van der Waals surface area (Å²) >= 11 is 0. The number of nitriles is 1. The zero-order chi connectivity index (χ0) is 17.1. The van der Waals surface area contributed by atoms with Crippen molar-refractivity contribution in [3.05, 3.63) is 65.0 Å². The van der Waals surface area contributed by atoms with Crippen LogP contribution in [0.3, 0.4) is 0 Å². The summed E-state index contributed by atoms with van der Waals surface area (Å²) in [6.07, 6.45) is 0.157. The van der Waals surface area contributed by atoms with Gasteiger partial charge in [0.15, 0.2) is 0 Å². The van der Waals surface area contributed by atoms with Crippen LogP contribution in [0, 0.1) is 17.1 Å². The van der Waals surface area contributed by atoms with Crippen molar-refractivity contribution in [1.82, 2.24) is 4.90 Å². The maximum absolute atomic E-state index is 13.6. The van der Waals surface area contributed by atoms with Crippen LogP contribution in [0.5, 0.6) is 5.75 Å². The molecule has 0 bridgehead atoms. The highest BCUT2D eigenvalue weighted by Crippen LogP contribution is 2.35. The van der Waals surface area contributed by atoms with E-state index >= 15 is 0 Å². The third-order valence-electron chi connectivity index (χ3n) is 4.42. The van der Waals surface area contributed by atoms with E-state index < -0.39 is 6.10 Å². The molecule has 1 N–H and O–H groups in total. The molecule has 124 valence electrons. The first-order valence-electron chi connectivity index (χ1n) is 7.85. The van der Waals surface area contributed by atoms with E-state index in [4.69, 9.17) is 4.74 Å². The molecule has 0 radical (unpaired) electrons. The number of hydrogen-bond donors (Lipinski definition) is 1. The number of aliphatic hydroxyl groups excluding tert-OH is 1. The predicted molar refractivity (Wildman–Crippen MR) is 87.9 cm³/mol. The van der Waals surface area contributed by atoms with E-state index in [9.17, 15) is 14.8 Å². The number of rotatable bonds is 4. The predicted octanol–water partition coefficient (Wildman–Crippen LogP) is 3.01. The lowest BCUT2D eigenvalue weighted by molar-refractivity contribution is 0.172. The van der Waals surface area contributed by atoms with Crippen LogP contribution in [-0.2, 0) is 6.54 Å². The van der Waals surface area contributed by atoms with Crippen molar-refractivity contribution in [3.8, 4) is 11.8 Å². The van der Waals surface area contributed by atoms with E-state index in [0.717, 1.165) is 11.3 Å². The van der Waals surface area contributed by atoms with Crippen molar-refractivity contribution in [2.45, 2.75) is 25.1 Å². The molecule has 5 heteroatoms. The highest BCUT2D eigenvalue weighted by molar-refractivity contribution is 5.38. The number of aliphatic hydroxyl groups is 1. The van der Waals surface area contributed by atoms with Gasteiger partial charge in [-0.2, -0.15) is 5.26 Å². The average Bonchev–Trinajstić information content (AvgIpc) is 2.95. The number of likely N-dealkylation sites (tertiary alicyclic amines) is 1. The Labute approximate surface area is 140 Å². The second-order valence-corrected chi connectivity index (χ2v) is 6.02. The molecule has 3 rings (SSSR count). The summed E-state index contributed by atoms with van der Waals surface area (Å²) in [4.78, 5) is 2.08. The fourth-order valence-electron chi connectivity index (χ4n) is 3.27. The van der Waals surface area contributed by atoms with E-state index in [-0.39, 0.29) is 11.9 Å². The minimum Gasteiger partial charge on any atom is -0.497 e. The van der Waals surface area contributed by atoms with Crippen LogP contribution >= 0.6 is 0 Å². The number of methoxy groups -OCH3 is 1. The summed E-state index contributed by atoms with van der Waals surface area (Å²) in [7, 11) is 1.62. The van der Waals surface area contributed by atoms with E-state index in [2.05, 4.69) is 11.0 Å². The third kappa shape index (κ3) is 3.40. The van der Waals surface area contributed by atoms with Gasteiger partial charge in [0.05, 0.1) is 24.8 Å². The first-order valence-corrected chi connectivity index (χ1v) is 7.85. The monoisotopic (exact) mass is 326 g/mol. The average molecular weight is 326 g/mol. The molecule has 24 heavy (non-hydrogen) atoms. The van der Waals surface area contributed by atoms with Gasteiger partial charge in [0, 0.05) is 19.1 Å². The van der Waals surface area contributed by atoms with Gasteiger partial charge in [-0.15, -0.1) is 0 Å². The summed E-state index contributed by atoms with van der Waals surface area (Å²) < 4.78 is 18.8. The molecule has 0 aromatic heterocycles. The molecule has 0 unspecified atom stereocenters. The molecule has 1 saturated heterocycles. The van der Waals surface area contributed by atoms with E-state index in [1.807, 2.05) is 24.3 Å². The van der Waals surface area contributed by atoms with E-state index in [0.29, 0.717) is 30.6 Å². The van der Waals surface area contributed by atoms with Crippen LogP contribution in [0.15, 0.2) is 42.5 Å². The lowest BCUT2D eigenvalue weighted by Crippen LogP contribution is -2.24. The van der Waals surface area contributed by atoms with Crippen LogP contribution in [0.4, 0.5) is 4.39 Å². The second-order valence-electron chi connectivity index (χ2n) is 6.02. The molecule has 2 aromatic rings. The van der Waals surface area contributed by atoms with Crippen molar-refractivity contribution >= 4 is 0 Å². The fourth-order valence-corrected chi connectivity index (χ4v) is 3.27. The van der Waals surface area contributed by atoms with Gasteiger partial charge in [-0.1, -0.05) is 12.1 Å². The van der Waals surface area contributed by atoms with Crippen LogP contribution < -0.4 is 4.74 Å². The number of halogens is 1. The van der Waals surface area contributed by atoms with Gasteiger partial charge in [0.25, 0.3) is 0 Å². The van der Waals surface area contributed by atoms with Crippen molar-refractivity contribution in [2.24, 2.45) is 0 Å². The first kappa shape index (κ1) is 16.4. The van der Waals surface area contributed by atoms with Gasteiger partial charge < -0.3 is 9.84 Å². The van der Waals surface area contributed by atoms with Crippen molar-refractivity contribution in [2.75, 3.05) is 13.7 Å². The Morgan fingerprint density at radius 3 is 2.92 bits per heavy atom. The largest absolute Gasteiger partial charge is 0.497 e. The third-order valence-corrected chi connectivity index (χ3v) is 4.42. The van der Waals surface area contributed by atoms with E-state index in [1.54, 1.807) is 7.11 Å². The lowest BCUT2D eigenvalue weighted by atomic mass is 10.0. The second kappa shape index (κ2) is 7.00. The molecule has 4 nitrogen and oxygen atoms in total. The van der Waals surface area contributed by atoms with Crippen LogP contribution in [0.1, 0.15) is 29.2 Å². The Balaban J connectivity index is 1.89. The summed E-state index contributed by atoms with van der Waals surface area (Å²) in [5, 5.41) is 19.3. The minimum atomic E-state index is -0.444. The standard InChI is InChI=1S/C19H19FN2O2/c1-24-18-4-2-3-13(8-18)19-9-17(23)12-22(19)11-15-7-16(20)6-5-14(15)10-21/h2-8,17,19,23H,9,11-12H2,1H3/t17-,19+/m0/s1. The Morgan fingerprint density at radius 1 is 1.33 bits per heavy atom. The minimum absolute atomic E-state index is 0.00455. The molecule has 2 aromatic carbocycles. The topological polar surface area (TPSA) is 56.5 Å². The van der Waals surface area contributed by atoms with Crippen molar-refractivity contribution in [1.29, 1.82) is 5.26 Å². The number of benzene rings is 2. The van der Waals surface area contributed by atoms with Crippen LogP contribution in [0.25, 0.3) is 0 Å². The van der Waals surface area contributed by atoms with Gasteiger partial charge in [-0.25, -0.2) is 4.39 Å². The van der Waals surface area contributed by atoms with Crippen LogP contribution in [0.2, 0.25) is 0 Å². The molecule has 0 saturated carbocycles. The molecule has 1 aliphatic rings. The Hall–Kier alpha value is -2.42. The van der Waals surface area contributed by atoms with Crippen LogP contribution in [-0.4, -0.2) is 29.8 Å².